The van der Waals surface area contributed by atoms with Gasteiger partial charge >= 0.3 is 6.03 Å². The summed E-state index contributed by atoms with van der Waals surface area (Å²) in [6.07, 6.45) is 10.6. The second kappa shape index (κ2) is 8.94. The molecule has 1 saturated heterocycles. The summed E-state index contributed by atoms with van der Waals surface area (Å²) in [7, 11) is 0. The van der Waals surface area contributed by atoms with Crippen molar-refractivity contribution < 1.29 is 9.59 Å². The number of rotatable bonds is 2. The first-order chi connectivity index (χ1) is 16.8. The second-order valence-corrected chi connectivity index (χ2v) is 10.1. The van der Waals surface area contributed by atoms with Crippen molar-refractivity contribution in [3.8, 4) is 11.3 Å². The lowest BCUT2D eigenvalue weighted by Crippen LogP contribution is -2.46. The van der Waals surface area contributed by atoms with E-state index >= 15 is 0 Å². The number of urea groups is 1. The first-order valence-corrected chi connectivity index (χ1v) is 13.0. The summed E-state index contributed by atoms with van der Waals surface area (Å²) in [5.41, 5.74) is 6.69. The maximum atomic E-state index is 13.7. The summed E-state index contributed by atoms with van der Waals surface area (Å²) in [6.45, 7) is 3.07. The average Bonchev–Trinajstić information content (AvgIpc) is 3.13. The minimum absolute atomic E-state index is 0.134. The number of fused-ring (bicyclic) bond motifs is 5. The highest BCUT2D eigenvalue weighted by molar-refractivity contribution is 6.02. The Morgan fingerprint density at radius 2 is 1.62 bits per heavy atom. The number of carbonyl (C=O) groups is 2. The minimum atomic E-state index is 0.134. The number of amides is 2. The maximum absolute atomic E-state index is 13.7. The van der Waals surface area contributed by atoms with Gasteiger partial charge < -0.3 is 9.47 Å². The van der Waals surface area contributed by atoms with Crippen molar-refractivity contribution in [1.82, 2.24) is 9.47 Å². The Bertz CT molecular complexity index is 1230. The SMILES string of the molecule is O=Cc1ccc2c(C3CCCCC3)c3n(c2c1)CCN(C(=O)N1CCCCC1)c1ccccc1-3. The normalized spacial score (nSPS) is 18.9. The number of para-hydroxylation sites is 1. The molecule has 6 rings (SSSR count). The summed E-state index contributed by atoms with van der Waals surface area (Å²) in [5, 5.41) is 1.28. The number of likely N-dealkylation sites (tertiary alicyclic amines) is 1. The van der Waals surface area contributed by atoms with Gasteiger partial charge in [0.05, 0.1) is 11.4 Å². The van der Waals surface area contributed by atoms with E-state index in [1.807, 2.05) is 21.9 Å². The third kappa shape index (κ3) is 3.53. The third-order valence-corrected chi connectivity index (χ3v) is 8.13. The quantitative estimate of drug-likeness (QED) is 0.409. The molecular weight excluding hydrogens is 422 g/mol. The van der Waals surface area contributed by atoms with Crippen LogP contribution in [-0.2, 0) is 6.54 Å². The lowest BCUT2D eigenvalue weighted by atomic mass is 9.81. The molecule has 1 saturated carbocycles. The Morgan fingerprint density at radius 3 is 2.41 bits per heavy atom. The molecule has 1 aromatic heterocycles. The molecule has 2 fully saturated rings. The highest BCUT2D eigenvalue weighted by Gasteiger charge is 2.33. The van der Waals surface area contributed by atoms with Crippen molar-refractivity contribution in [3.63, 3.8) is 0 Å². The van der Waals surface area contributed by atoms with Gasteiger partial charge in [-0.3, -0.25) is 9.69 Å². The van der Waals surface area contributed by atoms with Crippen molar-refractivity contribution in [2.45, 2.75) is 63.8 Å². The van der Waals surface area contributed by atoms with Gasteiger partial charge in [0.2, 0.25) is 0 Å². The van der Waals surface area contributed by atoms with E-state index in [2.05, 4.69) is 34.9 Å². The fraction of sp³-hybridized carbons (Fsp3) is 0.448. The number of benzene rings is 2. The highest BCUT2D eigenvalue weighted by atomic mass is 16.2. The molecule has 5 nitrogen and oxygen atoms in total. The van der Waals surface area contributed by atoms with Gasteiger partial charge in [-0.15, -0.1) is 0 Å². The summed E-state index contributed by atoms with van der Waals surface area (Å²) in [6, 6.07) is 14.7. The van der Waals surface area contributed by atoms with Gasteiger partial charge in [0.1, 0.15) is 6.29 Å². The average molecular weight is 456 g/mol. The fourth-order valence-electron chi connectivity index (χ4n) is 6.48. The highest BCUT2D eigenvalue weighted by Crippen LogP contribution is 2.47. The van der Waals surface area contributed by atoms with Gasteiger partial charge in [-0.1, -0.05) is 49.6 Å². The van der Waals surface area contributed by atoms with E-state index in [9.17, 15) is 9.59 Å². The van der Waals surface area contributed by atoms with E-state index in [1.54, 1.807) is 0 Å². The van der Waals surface area contributed by atoms with E-state index in [1.165, 1.54) is 55.2 Å². The number of aldehydes is 1. The fourth-order valence-corrected chi connectivity index (χ4v) is 6.48. The number of piperidine rings is 1. The van der Waals surface area contributed by atoms with Crippen LogP contribution in [0.25, 0.3) is 22.2 Å². The Kier molecular flexibility index (Phi) is 5.64. The lowest BCUT2D eigenvalue weighted by molar-refractivity contribution is 0.112. The molecule has 2 amide bonds. The van der Waals surface area contributed by atoms with Crippen molar-refractivity contribution >= 4 is 28.9 Å². The van der Waals surface area contributed by atoms with Gasteiger partial charge in [-0.2, -0.15) is 0 Å². The third-order valence-electron chi connectivity index (χ3n) is 8.13. The first kappa shape index (κ1) is 21.5. The lowest BCUT2D eigenvalue weighted by Gasteiger charge is -2.33. The molecule has 3 heterocycles. The van der Waals surface area contributed by atoms with Gasteiger partial charge in [0.15, 0.2) is 0 Å². The molecular formula is C29H33N3O2. The molecule has 0 atom stereocenters. The zero-order chi connectivity index (χ0) is 23.1. The van der Waals surface area contributed by atoms with Crippen molar-refractivity contribution in [2.24, 2.45) is 0 Å². The van der Waals surface area contributed by atoms with E-state index in [0.717, 1.165) is 55.5 Å². The predicted molar refractivity (Wildman–Crippen MR) is 137 cm³/mol. The summed E-state index contributed by atoms with van der Waals surface area (Å²) in [5.74, 6) is 0.520. The molecule has 5 heteroatoms. The molecule has 0 spiro atoms. The molecule has 0 radical (unpaired) electrons. The Morgan fingerprint density at radius 1 is 0.853 bits per heavy atom. The van der Waals surface area contributed by atoms with Gasteiger partial charge in [0, 0.05) is 48.2 Å². The number of hydrogen-bond acceptors (Lipinski definition) is 2. The molecule has 176 valence electrons. The minimum Gasteiger partial charge on any atom is -0.338 e. The van der Waals surface area contributed by atoms with Crippen molar-refractivity contribution in [3.05, 3.63) is 53.6 Å². The smallest absolute Gasteiger partial charge is 0.324 e. The van der Waals surface area contributed by atoms with Crippen LogP contribution in [0.5, 0.6) is 0 Å². The monoisotopic (exact) mass is 455 g/mol. The summed E-state index contributed by atoms with van der Waals surface area (Å²) >= 11 is 0. The van der Waals surface area contributed by atoms with Gasteiger partial charge in [0.25, 0.3) is 0 Å². The molecule has 3 aromatic rings. The molecule has 2 aromatic carbocycles. The number of hydrogen-bond donors (Lipinski definition) is 0. The van der Waals surface area contributed by atoms with Crippen LogP contribution in [0, 0.1) is 0 Å². The molecule has 34 heavy (non-hydrogen) atoms. The Hall–Kier alpha value is -3.08. The summed E-state index contributed by atoms with van der Waals surface area (Å²) < 4.78 is 2.40. The molecule has 3 aliphatic rings. The largest absolute Gasteiger partial charge is 0.338 e. The van der Waals surface area contributed by atoms with Crippen LogP contribution in [-0.4, -0.2) is 41.4 Å². The summed E-state index contributed by atoms with van der Waals surface area (Å²) in [4.78, 5) is 29.4. The zero-order valence-corrected chi connectivity index (χ0v) is 19.8. The van der Waals surface area contributed by atoms with Crippen LogP contribution < -0.4 is 4.90 Å². The number of anilines is 1. The van der Waals surface area contributed by atoms with E-state index in [0.29, 0.717) is 18.0 Å². The van der Waals surface area contributed by atoms with Crippen molar-refractivity contribution in [2.75, 3.05) is 24.5 Å². The molecule has 1 aliphatic carbocycles. The van der Waals surface area contributed by atoms with Crippen molar-refractivity contribution in [1.29, 1.82) is 0 Å². The molecule has 0 unspecified atom stereocenters. The van der Waals surface area contributed by atoms with Crippen LogP contribution in [0.4, 0.5) is 10.5 Å². The first-order valence-electron chi connectivity index (χ1n) is 13.0. The van der Waals surface area contributed by atoms with E-state index in [-0.39, 0.29) is 6.03 Å². The standard InChI is InChI=1S/C29H33N3O2/c33-20-21-13-14-23-26(19-21)31-17-18-32(29(34)30-15-7-2-8-16-30)25-12-6-5-11-24(25)28(31)27(23)22-9-3-1-4-10-22/h5-6,11-14,19-20,22H,1-4,7-10,15-18H2. The van der Waals surface area contributed by atoms with Gasteiger partial charge in [-0.25, -0.2) is 4.79 Å². The van der Waals surface area contributed by atoms with E-state index in [4.69, 9.17) is 0 Å². The van der Waals surface area contributed by atoms with Crippen LogP contribution >= 0.6 is 0 Å². The van der Waals surface area contributed by atoms with Gasteiger partial charge in [-0.05, 0) is 55.7 Å². The zero-order valence-electron chi connectivity index (χ0n) is 19.8. The van der Waals surface area contributed by atoms with Crippen LogP contribution in [0.15, 0.2) is 42.5 Å². The Labute approximate surface area is 201 Å². The van der Waals surface area contributed by atoms with Crippen LogP contribution in [0.1, 0.15) is 73.2 Å². The Balaban J connectivity index is 1.54. The number of carbonyl (C=O) groups excluding carboxylic acids is 2. The van der Waals surface area contributed by atoms with E-state index < -0.39 is 0 Å². The van der Waals surface area contributed by atoms with Crippen LogP contribution in [0.3, 0.4) is 0 Å². The number of aromatic nitrogens is 1. The number of nitrogens with zero attached hydrogens (tertiary/aromatic N) is 3. The van der Waals surface area contributed by atoms with Crippen LogP contribution in [0.2, 0.25) is 0 Å². The molecule has 2 aliphatic heterocycles. The molecule has 0 bridgehead atoms. The second-order valence-electron chi connectivity index (χ2n) is 10.1. The molecule has 0 N–H and O–H groups in total. The topological polar surface area (TPSA) is 45.6 Å². The maximum Gasteiger partial charge on any atom is 0.324 e. The predicted octanol–water partition coefficient (Wildman–Crippen LogP) is 6.59.